The van der Waals surface area contributed by atoms with Crippen LogP contribution in [0.5, 0.6) is 0 Å². The van der Waals surface area contributed by atoms with E-state index in [4.69, 9.17) is 4.74 Å². The molecule has 2 aromatic carbocycles. The van der Waals surface area contributed by atoms with Crippen molar-refractivity contribution in [2.24, 2.45) is 0 Å². The number of anilines is 1. The fourth-order valence-corrected chi connectivity index (χ4v) is 4.53. The van der Waals surface area contributed by atoms with Gasteiger partial charge in [0.25, 0.3) is 11.3 Å². The molecule has 1 N–H and O–H groups in total. The quantitative estimate of drug-likeness (QED) is 0.460. The zero-order chi connectivity index (χ0) is 23.3. The molecule has 0 saturated carbocycles. The standard InChI is InChI=1S/C25H34N2O4S/c1-19-6-5-16-26(19)17-15-20-7-9-21(10-8-20)22-11-13-23(14-12-22)27(32(29)30)18-24(28)31-25(2,3)4/h7-14,19H,5-6,15-18H2,1-4H3,(H,29,30). The van der Waals surface area contributed by atoms with Gasteiger partial charge in [-0.15, -0.1) is 0 Å². The Hall–Kier alpha value is -2.22. The molecule has 2 atom stereocenters. The predicted molar refractivity (Wildman–Crippen MR) is 130 cm³/mol. The summed E-state index contributed by atoms with van der Waals surface area (Å²) in [5.41, 5.74) is 3.25. The van der Waals surface area contributed by atoms with Crippen LogP contribution in [0.2, 0.25) is 0 Å². The minimum atomic E-state index is -2.34. The van der Waals surface area contributed by atoms with E-state index in [-0.39, 0.29) is 6.54 Å². The van der Waals surface area contributed by atoms with Crippen molar-refractivity contribution in [3.05, 3.63) is 54.1 Å². The molecule has 0 amide bonds. The summed E-state index contributed by atoms with van der Waals surface area (Å²) in [6, 6.07) is 16.5. The summed E-state index contributed by atoms with van der Waals surface area (Å²) in [6.45, 7) is 9.59. The van der Waals surface area contributed by atoms with Gasteiger partial charge in [-0.2, -0.15) is 0 Å². The van der Waals surface area contributed by atoms with Crippen LogP contribution in [0.3, 0.4) is 0 Å². The molecule has 3 rings (SSSR count). The normalized spacial score (nSPS) is 17.8. The summed E-state index contributed by atoms with van der Waals surface area (Å²) in [4.78, 5) is 14.7. The Morgan fingerprint density at radius 1 is 1.12 bits per heavy atom. The van der Waals surface area contributed by atoms with E-state index in [0.29, 0.717) is 11.7 Å². The highest BCUT2D eigenvalue weighted by molar-refractivity contribution is 7.80. The van der Waals surface area contributed by atoms with Gasteiger partial charge in [-0.3, -0.25) is 13.7 Å². The SMILES string of the molecule is CC1CCCN1CCc1ccc(-c2ccc(N(CC(=O)OC(C)(C)C)S(=O)O)cc2)cc1. The van der Waals surface area contributed by atoms with Crippen LogP contribution >= 0.6 is 0 Å². The molecular formula is C25H34N2O4S. The molecule has 0 spiro atoms. The number of esters is 1. The average Bonchev–Trinajstić information content (AvgIpc) is 3.14. The third-order valence-corrected chi connectivity index (χ3v) is 6.42. The van der Waals surface area contributed by atoms with Crippen molar-refractivity contribution < 1.29 is 18.3 Å². The number of nitrogens with zero attached hydrogens (tertiary/aromatic N) is 2. The number of rotatable bonds is 8. The third kappa shape index (κ3) is 6.89. The van der Waals surface area contributed by atoms with Crippen LogP contribution in [0.25, 0.3) is 11.1 Å². The monoisotopic (exact) mass is 458 g/mol. The van der Waals surface area contributed by atoms with Crippen LogP contribution in [0, 0.1) is 0 Å². The molecule has 1 aliphatic rings. The molecule has 0 aliphatic carbocycles. The maximum atomic E-state index is 12.1. The maximum absolute atomic E-state index is 12.1. The lowest BCUT2D eigenvalue weighted by Crippen LogP contribution is -2.35. The lowest BCUT2D eigenvalue weighted by Gasteiger charge is -2.23. The Morgan fingerprint density at radius 2 is 1.72 bits per heavy atom. The first kappa shape index (κ1) is 24.4. The van der Waals surface area contributed by atoms with Crippen molar-refractivity contribution in [3.8, 4) is 11.1 Å². The number of carbonyl (C=O) groups is 1. The molecule has 1 heterocycles. The van der Waals surface area contributed by atoms with Crippen LogP contribution in [-0.4, -0.2) is 50.9 Å². The minimum Gasteiger partial charge on any atom is -0.459 e. The van der Waals surface area contributed by atoms with E-state index < -0.39 is 22.8 Å². The number of hydrogen-bond donors (Lipinski definition) is 1. The Morgan fingerprint density at radius 3 is 2.22 bits per heavy atom. The number of benzene rings is 2. The Balaban J connectivity index is 1.63. The van der Waals surface area contributed by atoms with Crippen LogP contribution in [0.4, 0.5) is 5.69 Å². The van der Waals surface area contributed by atoms with E-state index in [0.717, 1.165) is 28.4 Å². The Kier molecular flexibility index (Phi) is 8.09. The Labute approximate surface area is 194 Å². The van der Waals surface area contributed by atoms with E-state index in [1.165, 1.54) is 24.9 Å². The lowest BCUT2D eigenvalue weighted by molar-refractivity contribution is -0.152. The fraction of sp³-hybridized carbons (Fsp3) is 0.480. The smallest absolute Gasteiger partial charge is 0.327 e. The van der Waals surface area contributed by atoms with Crippen LogP contribution in [0.15, 0.2) is 48.5 Å². The second-order valence-electron chi connectivity index (χ2n) is 9.37. The van der Waals surface area contributed by atoms with Crippen molar-refractivity contribution >= 4 is 22.9 Å². The van der Waals surface area contributed by atoms with Gasteiger partial charge in [0.1, 0.15) is 12.1 Å². The van der Waals surface area contributed by atoms with E-state index in [2.05, 4.69) is 36.1 Å². The number of carbonyl (C=O) groups excluding carboxylic acids is 1. The molecule has 7 heteroatoms. The van der Waals surface area contributed by atoms with Gasteiger partial charge in [0.05, 0.1) is 5.69 Å². The second kappa shape index (κ2) is 10.6. The molecular weight excluding hydrogens is 424 g/mol. The molecule has 6 nitrogen and oxygen atoms in total. The van der Waals surface area contributed by atoms with Crippen LogP contribution in [0.1, 0.15) is 46.1 Å². The molecule has 2 aromatic rings. The molecule has 0 aromatic heterocycles. The first-order chi connectivity index (χ1) is 15.1. The van der Waals surface area contributed by atoms with E-state index >= 15 is 0 Å². The van der Waals surface area contributed by atoms with Crippen molar-refractivity contribution in [3.63, 3.8) is 0 Å². The topological polar surface area (TPSA) is 70.1 Å². The highest BCUT2D eigenvalue weighted by atomic mass is 32.2. The minimum absolute atomic E-state index is 0.302. The summed E-state index contributed by atoms with van der Waals surface area (Å²) in [7, 11) is 0. The van der Waals surface area contributed by atoms with Crippen LogP contribution in [-0.2, 0) is 27.2 Å². The first-order valence-corrected chi connectivity index (χ1v) is 12.2. The summed E-state index contributed by atoms with van der Waals surface area (Å²) < 4.78 is 27.8. The number of hydrogen-bond acceptors (Lipinski definition) is 4. The van der Waals surface area contributed by atoms with E-state index in [1.54, 1.807) is 32.9 Å². The van der Waals surface area contributed by atoms with Crippen molar-refractivity contribution in [1.29, 1.82) is 0 Å². The molecule has 1 saturated heterocycles. The second-order valence-corrected chi connectivity index (χ2v) is 10.3. The van der Waals surface area contributed by atoms with Gasteiger partial charge in [0, 0.05) is 12.6 Å². The van der Waals surface area contributed by atoms with E-state index in [9.17, 15) is 13.6 Å². The predicted octanol–water partition coefficient (Wildman–Crippen LogP) is 4.67. The largest absolute Gasteiger partial charge is 0.459 e. The van der Waals surface area contributed by atoms with Gasteiger partial charge in [0.2, 0.25) is 0 Å². The van der Waals surface area contributed by atoms with Gasteiger partial charge in [-0.1, -0.05) is 36.4 Å². The summed E-state index contributed by atoms with van der Waals surface area (Å²) >= 11 is -2.34. The zero-order valence-corrected chi connectivity index (χ0v) is 20.2. The molecule has 2 unspecified atom stereocenters. The summed E-state index contributed by atoms with van der Waals surface area (Å²) in [5.74, 6) is -0.553. The molecule has 174 valence electrons. The van der Waals surface area contributed by atoms with Crippen molar-refractivity contribution in [2.45, 2.75) is 58.6 Å². The molecule has 0 radical (unpaired) electrons. The highest BCUT2D eigenvalue weighted by Gasteiger charge is 2.22. The van der Waals surface area contributed by atoms with Gasteiger partial charge in [0.15, 0.2) is 0 Å². The first-order valence-electron chi connectivity index (χ1n) is 11.2. The number of likely N-dealkylation sites (tertiary alicyclic amines) is 1. The molecule has 1 aliphatic heterocycles. The molecule has 1 fully saturated rings. The molecule has 0 bridgehead atoms. The zero-order valence-electron chi connectivity index (χ0n) is 19.4. The van der Waals surface area contributed by atoms with Gasteiger partial charge in [-0.25, -0.2) is 4.21 Å². The van der Waals surface area contributed by atoms with Gasteiger partial charge >= 0.3 is 5.97 Å². The maximum Gasteiger partial charge on any atom is 0.327 e. The van der Waals surface area contributed by atoms with Crippen molar-refractivity contribution in [1.82, 2.24) is 4.90 Å². The van der Waals surface area contributed by atoms with Crippen LogP contribution < -0.4 is 4.31 Å². The van der Waals surface area contributed by atoms with Gasteiger partial charge in [-0.05, 0) is 82.3 Å². The van der Waals surface area contributed by atoms with E-state index in [1.807, 2.05) is 12.1 Å². The summed E-state index contributed by atoms with van der Waals surface area (Å²) in [5, 5.41) is 0. The number of ether oxygens (including phenoxy) is 1. The third-order valence-electron chi connectivity index (χ3n) is 5.70. The Bertz CT molecular complexity index is 922. The van der Waals surface area contributed by atoms with Gasteiger partial charge < -0.3 is 9.64 Å². The fourth-order valence-electron chi connectivity index (χ4n) is 4.01. The average molecular weight is 459 g/mol. The van der Waals surface area contributed by atoms with Crippen molar-refractivity contribution in [2.75, 3.05) is 23.9 Å². The summed E-state index contributed by atoms with van der Waals surface area (Å²) in [6.07, 6.45) is 3.65. The molecule has 32 heavy (non-hydrogen) atoms. The highest BCUT2D eigenvalue weighted by Crippen LogP contribution is 2.25. The lowest BCUT2D eigenvalue weighted by atomic mass is 10.0.